The number of nitrogens with two attached hydrogens (primary N) is 1. The number of aryl methyl sites for hydroxylation is 2. The average molecular weight is 277 g/mol. The predicted octanol–water partition coefficient (Wildman–Crippen LogP) is 1.94. The lowest BCUT2D eigenvalue weighted by atomic mass is 10.1. The summed E-state index contributed by atoms with van der Waals surface area (Å²) in [7, 11) is 0. The molecule has 1 aromatic heterocycles. The van der Waals surface area contributed by atoms with Gasteiger partial charge in [-0.3, -0.25) is 10.2 Å². The van der Waals surface area contributed by atoms with Crippen molar-refractivity contribution in [3.05, 3.63) is 45.4 Å². The van der Waals surface area contributed by atoms with Crippen LogP contribution in [0, 0.1) is 13.8 Å². The van der Waals surface area contributed by atoms with Gasteiger partial charge in [0.15, 0.2) is 5.01 Å². The zero-order chi connectivity index (χ0) is 13.8. The maximum Gasteiger partial charge on any atom is 0.294 e. The van der Waals surface area contributed by atoms with Crippen LogP contribution in [0.25, 0.3) is 0 Å². The van der Waals surface area contributed by atoms with Crippen molar-refractivity contribution in [2.75, 3.05) is 0 Å². The van der Waals surface area contributed by atoms with E-state index in [0.717, 1.165) is 16.9 Å². The van der Waals surface area contributed by atoms with E-state index < -0.39 is 0 Å². The first kappa shape index (κ1) is 13.5. The molecule has 0 fully saturated rings. The van der Waals surface area contributed by atoms with E-state index in [0.29, 0.717) is 17.3 Å². The number of amides is 1. The van der Waals surface area contributed by atoms with Gasteiger partial charge in [-0.05, 0) is 37.1 Å². The first-order chi connectivity index (χ1) is 9.08. The van der Waals surface area contributed by atoms with Gasteiger partial charge in [0.25, 0.3) is 5.91 Å². The summed E-state index contributed by atoms with van der Waals surface area (Å²) in [5.41, 5.74) is 5.06. The minimum Gasteiger partial charge on any atom is -0.487 e. The van der Waals surface area contributed by atoms with Crippen LogP contribution in [0.1, 0.15) is 26.6 Å². The Kier molecular flexibility index (Phi) is 4.13. The monoisotopic (exact) mass is 277 g/mol. The van der Waals surface area contributed by atoms with Gasteiger partial charge in [0.1, 0.15) is 12.4 Å². The molecule has 2 rings (SSSR count). The smallest absolute Gasteiger partial charge is 0.294 e. The minimum absolute atomic E-state index is 0.331. The number of ether oxygens (including phenoxy) is 1. The highest BCUT2D eigenvalue weighted by Gasteiger charge is 2.09. The average Bonchev–Trinajstić information content (AvgIpc) is 2.83. The Hall–Kier alpha value is -1.92. The third-order valence-corrected chi connectivity index (χ3v) is 3.35. The molecule has 0 aliphatic heterocycles. The van der Waals surface area contributed by atoms with Gasteiger partial charge in [-0.15, -0.1) is 11.3 Å². The van der Waals surface area contributed by atoms with Crippen molar-refractivity contribution in [2.45, 2.75) is 20.5 Å². The molecule has 0 bridgehead atoms. The topological polar surface area (TPSA) is 77.2 Å². The van der Waals surface area contributed by atoms with Gasteiger partial charge >= 0.3 is 0 Å². The highest BCUT2D eigenvalue weighted by atomic mass is 32.1. The Labute approximate surface area is 115 Å². The number of nitrogen functional groups attached to an aromatic ring is 1. The molecule has 0 aliphatic carbocycles. The van der Waals surface area contributed by atoms with E-state index in [9.17, 15) is 4.79 Å². The molecule has 0 unspecified atom stereocenters. The van der Waals surface area contributed by atoms with Crippen LogP contribution in [0.15, 0.2) is 23.6 Å². The molecule has 19 heavy (non-hydrogen) atoms. The van der Waals surface area contributed by atoms with E-state index in [2.05, 4.69) is 16.5 Å². The number of hydrogen-bond donors (Lipinski definition) is 2. The Bertz CT molecular complexity index is 575. The molecule has 0 spiro atoms. The van der Waals surface area contributed by atoms with E-state index >= 15 is 0 Å². The van der Waals surface area contributed by atoms with E-state index in [1.54, 1.807) is 5.38 Å². The number of benzene rings is 1. The van der Waals surface area contributed by atoms with E-state index in [-0.39, 0.29) is 5.91 Å². The van der Waals surface area contributed by atoms with Crippen molar-refractivity contribution in [1.82, 2.24) is 10.4 Å². The van der Waals surface area contributed by atoms with Crippen LogP contribution in [-0.4, -0.2) is 10.9 Å². The predicted molar refractivity (Wildman–Crippen MR) is 74.0 cm³/mol. The number of nitrogens with zero attached hydrogens (tertiary/aromatic N) is 1. The molecule has 1 heterocycles. The second kappa shape index (κ2) is 5.81. The van der Waals surface area contributed by atoms with Gasteiger partial charge in [-0.2, -0.15) is 0 Å². The largest absolute Gasteiger partial charge is 0.487 e. The fraction of sp³-hybridized carbons (Fsp3) is 0.231. The van der Waals surface area contributed by atoms with Gasteiger partial charge in [0.2, 0.25) is 0 Å². The molecule has 0 radical (unpaired) electrons. The van der Waals surface area contributed by atoms with Gasteiger partial charge in [-0.25, -0.2) is 10.8 Å². The lowest BCUT2D eigenvalue weighted by Gasteiger charge is -2.06. The second-order valence-corrected chi connectivity index (χ2v) is 5.09. The van der Waals surface area contributed by atoms with Crippen LogP contribution in [0.5, 0.6) is 5.75 Å². The van der Waals surface area contributed by atoms with Gasteiger partial charge < -0.3 is 4.74 Å². The summed E-state index contributed by atoms with van der Waals surface area (Å²) in [6.07, 6.45) is 0. The second-order valence-electron chi connectivity index (χ2n) is 4.23. The third-order valence-electron chi connectivity index (χ3n) is 2.46. The SMILES string of the molecule is Cc1cc(C)cc(OCc2csc(C(=O)NN)n2)c1. The summed E-state index contributed by atoms with van der Waals surface area (Å²) < 4.78 is 5.66. The molecule has 2 aromatic rings. The summed E-state index contributed by atoms with van der Waals surface area (Å²) >= 11 is 1.24. The molecular weight excluding hydrogens is 262 g/mol. The molecule has 0 atom stereocenters. The molecule has 5 nitrogen and oxygen atoms in total. The Morgan fingerprint density at radius 1 is 1.37 bits per heavy atom. The first-order valence-electron chi connectivity index (χ1n) is 5.75. The van der Waals surface area contributed by atoms with Gasteiger partial charge in [-0.1, -0.05) is 6.07 Å². The van der Waals surface area contributed by atoms with Crippen LogP contribution in [-0.2, 0) is 6.61 Å². The maximum atomic E-state index is 11.3. The zero-order valence-corrected chi connectivity index (χ0v) is 11.6. The lowest BCUT2D eigenvalue weighted by Crippen LogP contribution is -2.29. The highest BCUT2D eigenvalue weighted by Crippen LogP contribution is 2.18. The van der Waals surface area contributed by atoms with Crippen LogP contribution in [0.4, 0.5) is 0 Å². The Morgan fingerprint density at radius 2 is 2.05 bits per heavy atom. The van der Waals surface area contributed by atoms with Crippen LogP contribution in [0.2, 0.25) is 0 Å². The molecule has 6 heteroatoms. The lowest BCUT2D eigenvalue weighted by molar-refractivity contribution is 0.0953. The first-order valence-corrected chi connectivity index (χ1v) is 6.63. The quantitative estimate of drug-likeness (QED) is 0.508. The van der Waals surface area contributed by atoms with Crippen molar-refractivity contribution in [3.63, 3.8) is 0 Å². The maximum absolute atomic E-state index is 11.3. The number of rotatable bonds is 4. The Balaban J connectivity index is 2.02. The molecule has 100 valence electrons. The van der Waals surface area contributed by atoms with Gasteiger partial charge in [0.05, 0.1) is 5.69 Å². The standard InChI is InChI=1S/C13H15N3O2S/c1-8-3-9(2)5-11(4-8)18-6-10-7-19-13(15-10)12(17)16-14/h3-5,7H,6,14H2,1-2H3,(H,16,17). The number of carbonyl (C=O) groups is 1. The molecule has 0 saturated carbocycles. The molecule has 0 saturated heterocycles. The number of thiazole rings is 1. The summed E-state index contributed by atoms with van der Waals surface area (Å²) in [6, 6.07) is 6.01. The number of nitrogens with one attached hydrogen (secondary N) is 1. The zero-order valence-electron chi connectivity index (χ0n) is 10.8. The molecule has 3 N–H and O–H groups in total. The summed E-state index contributed by atoms with van der Waals surface area (Å²) in [4.78, 5) is 15.4. The van der Waals surface area contributed by atoms with Gasteiger partial charge in [0, 0.05) is 5.38 Å². The highest BCUT2D eigenvalue weighted by molar-refractivity contribution is 7.11. The van der Waals surface area contributed by atoms with Crippen molar-refractivity contribution in [1.29, 1.82) is 0 Å². The van der Waals surface area contributed by atoms with E-state index in [1.807, 2.05) is 26.0 Å². The van der Waals surface area contributed by atoms with E-state index in [4.69, 9.17) is 10.6 Å². The van der Waals surface area contributed by atoms with Crippen LogP contribution >= 0.6 is 11.3 Å². The number of carbonyl (C=O) groups excluding carboxylic acids is 1. The van der Waals surface area contributed by atoms with Crippen molar-refractivity contribution >= 4 is 17.2 Å². The molecule has 1 aromatic carbocycles. The Morgan fingerprint density at radius 3 is 2.68 bits per heavy atom. The normalized spacial score (nSPS) is 10.3. The number of hydrazine groups is 1. The van der Waals surface area contributed by atoms with Crippen molar-refractivity contribution in [3.8, 4) is 5.75 Å². The van der Waals surface area contributed by atoms with Crippen LogP contribution in [0.3, 0.4) is 0 Å². The van der Waals surface area contributed by atoms with E-state index in [1.165, 1.54) is 11.3 Å². The summed E-state index contributed by atoms with van der Waals surface area (Å²) in [5, 5.41) is 2.12. The van der Waals surface area contributed by atoms with Crippen LogP contribution < -0.4 is 16.0 Å². The fourth-order valence-corrected chi connectivity index (χ4v) is 2.42. The minimum atomic E-state index is -0.386. The summed E-state index contributed by atoms with van der Waals surface area (Å²) in [5.74, 6) is 5.46. The molecule has 1 amide bonds. The third kappa shape index (κ3) is 3.52. The molecular formula is C13H15N3O2S. The number of aromatic nitrogens is 1. The fourth-order valence-electron chi connectivity index (χ4n) is 1.71. The summed E-state index contributed by atoms with van der Waals surface area (Å²) in [6.45, 7) is 4.37. The molecule has 0 aliphatic rings. The number of hydrogen-bond acceptors (Lipinski definition) is 5. The van der Waals surface area contributed by atoms with Crippen molar-refractivity contribution < 1.29 is 9.53 Å². The van der Waals surface area contributed by atoms with Crippen molar-refractivity contribution in [2.24, 2.45) is 5.84 Å².